The fourth-order valence-corrected chi connectivity index (χ4v) is 3.89. The molecular formula is C25H33N3O2. The molecule has 2 aromatic heterocycles. The van der Waals surface area contributed by atoms with Gasteiger partial charge in [-0.05, 0) is 44.4 Å². The van der Waals surface area contributed by atoms with Crippen molar-refractivity contribution >= 4 is 11.6 Å². The summed E-state index contributed by atoms with van der Waals surface area (Å²) in [5.74, 6) is -0.606. The van der Waals surface area contributed by atoms with E-state index in [9.17, 15) is 4.79 Å². The van der Waals surface area contributed by atoms with E-state index in [4.69, 9.17) is 14.8 Å². The topological polar surface area (TPSA) is 56.5 Å². The molecule has 0 saturated heterocycles. The van der Waals surface area contributed by atoms with Gasteiger partial charge in [0.05, 0.1) is 24.4 Å². The molecule has 0 bridgehead atoms. The second kappa shape index (κ2) is 8.21. The summed E-state index contributed by atoms with van der Waals surface area (Å²) in [6.45, 7) is 14.7. The Kier molecular flexibility index (Phi) is 6.02. The number of esters is 1. The molecule has 0 saturated carbocycles. The van der Waals surface area contributed by atoms with Gasteiger partial charge in [-0.3, -0.25) is 4.79 Å². The number of fused-ring (bicyclic) bond motifs is 1. The molecule has 0 spiro atoms. The Balaban J connectivity index is 2.43. The quantitative estimate of drug-likeness (QED) is 0.511. The average molecular weight is 408 g/mol. The maximum absolute atomic E-state index is 12.8. The van der Waals surface area contributed by atoms with Crippen LogP contribution in [0.2, 0.25) is 0 Å². The molecule has 160 valence electrons. The van der Waals surface area contributed by atoms with Gasteiger partial charge in [0.1, 0.15) is 0 Å². The van der Waals surface area contributed by atoms with Crippen LogP contribution in [0.25, 0.3) is 16.9 Å². The van der Waals surface area contributed by atoms with E-state index in [2.05, 4.69) is 59.7 Å². The van der Waals surface area contributed by atoms with E-state index in [1.807, 2.05) is 17.5 Å². The fraction of sp³-hybridized carbons (Fsp3) is 0.480. The van der Waals surface area contributed by atoms with E-state index >= 15 is 0 Å². The minimum Gasteiger partial charge on any atom is -0.469 e. The Morgan fingerprint density at radius 3 is 2.40 bits per heavy atom. The summed E-state index contributed by atoms with van der Waals surface area (Å²) in [6, 6.07) is 8.45. The third kappa shape index (κ3) is 3.98. The van der Waals surface area contributed by atoms with Crippen LogP contribution in [0.3, 0.4) is 0 Å². The zero-order chi connectivity index (χ0) is 22.2. The Morgan fingerprint density at radius 2 is 1.83 bits per heavy atom. The predicted molar refractivity (Wildman–Crippen MR) is 121 cm³/mol. The van der Waals surface area contributed by atoms with E-state index < -0.39 is 0 Å². The number of rotatable bonds is 5. The van der Waals surface area contributed by atoms with Crippen molar-refractivity contribution in [1.29, 1.82) is 0 Å². The lowest BCUT2D eigenvalue weighted by Crippen LogP contribution is -2.19. The molecule has 30 heavy (non-hydrogen) atoms. The number of carbonyl (C=O) groups is 1. The monoisotopic (exact) mass is 407 g/mol. The van der Waals surface area contributed by atoms with Crippen LogP contribution in [0.1, 0.15) is 74.5 Å². The molecule has 0 aliphatic rings. The largest absolute Gasteiger partial charge is 0.469 e. The summed E-state index contributed by atoms with van der Waals surface area (Å²) in [5.41, 5.74) is 7.83. The molecule has 2 heterocycles. The first kappa shape index (κ1) is 22.0. The van der Waals surface area contributed by atoms with E-state index in [1.54, 1.807) is 0 Å². The van der Waals surface area contributed by atoms with Crippen LogP contribution in [-0.4, -0.2) is 27.7 Å². The van der Waals surface area contributed by atoms with E-state index in [1.165, 1.54) is 18.2 Å². The molecular weight excluding hydrogens is 374 g/mol. The highest BCUT2D eigenvalue weighted by Gasteiger charge is 2.30. The highest BCUT2D eigenvalue weighted by Crippen LogP contribution is 2.36. The molecule has 5 heteroatoms. The number of benzene rings is 1. The zero-order valence-electron chi connectivity index (χ0n) is 19.5. The van der Waals surface area contributed by atoms with Crippen molar-refractivity contribution in [2.75, 3.05) is 7.11 Å². The highest BCUT2D eigenvalue weighted by molar-refractivity contribution is 5.83. The number of aromatic nitrogens is 3. The molecule has 0 fully saturated rings. The Morgan fingerprint density at radius 1 is 1.13 bits per heavy atom. The van der Waals surface area contributed by atoms with E-state index in [-0.39, 0.29) is 17.3 Å². The van der Waals surface area contributed by atoms with Crippen LogP contribution < -0.4 is 0 Å². The zero-order valence-corrected chi connectivity index (χ0v) is 19.5. The third-order valence-electron chi connectivity index (χ3n) is 5.79. The van der Waals surface area contributed by atoms with Crippen molar-refractivity contribution in [2.45, 2.75) is 72.6 Å². The standard InChI is InChI=1S/C25H33N3O2/c1-9-10-19(24(29)30-8)22-17(4)26-21-14-20(25(5,6)7)27-28(21)23(22)18-12-11-15(2)16(3)13-18/h11-14,19H,9-10H2,1-8H3. The Hall–Kier alpha value is -2.69. The summed E-state index contributed by atoms with van der Waals surface area (Å²) in [7, 11) is 1.45. The second-order valence-electron chi connectivity index (χ2n) is 9.17. The fourth-order valence-electron chi connectivity index (χ4n) is 3.89. The van der Waals surface area contributed by atoms with Crippen LogP contribution in [0, 0.1) is 20.8 Å². The number of hydrogen-bond donors (Lipinski definition) is 0. The number of aryl methyl sites for hydroxylation is 3. The van der Waals surface area contributed by atoms with Crippen molar-refractivity contribution in [3.8, 4) is 11.3 Å². The van der Waals surface area contributed by atoms with E-state index in [0.717, 1.165) is 40.3 Å². The number of methoxy groups -OCH3 is 1. The van der Waals surface area contributed by atoms with Gasteiger partial charge in [-0.1, -0.05) is 46.2 Å². The van der Waals surface area contributed by atoms with Crippen LogP contribution >= 0.6 is 0 Å². The van der Waals surface area contributed by atoms with Gasteiger partial charge in [-0.2, -0.15) is 5.10 Å². The lowest BCUT2D eigenvalue weighted by molar-refractivity contribution is -0.142. The van der Waals surface area contributed by atoms with Gasteiger partial charge in [-0.25, -0.2) is 9.50 Å². The minimum absolute atomic E-state index is 0.104. The van der Waals surface area contributed by atoms with Crippen molar-refractivity contribution in [3.63, 3.8) is 0 Å². The third-order valence-corrected chi connectivity index (χ3v) is 5.79. The molecule has 3 rings (SSSR count). The van der Waals surface area contributed by atoms with Gasteiger partial charge in [0, 0.05) is 28.3 Å². The molecule has 0 amide bonds. The average Bonchev–Trinajstić information content (AvgIpc) is 3.11. The van der Waals surface area contributed by atoms with Gasteiger partial charge >= 0.3 is 5.97 Å². The number of ether oxygens (including phenoxy) is 1. The first-order chi connectivity index (χ1) is 14.1. The molecule has 1 atom stereocenters. The minimum atomic E-state index is -0.379. The first-order valence-electron chi connectivity index (χ1n) is 10.6. The summed E-state index contributed by atoms with van der Waals surface area (Å²) in [4.78, 5) is 17.6. The number of hydrogen-bond acceptors (Lipinski definition) is 4. The summed E-state index contributed by atoms with van der Waals surface area (Å²) < 4.78 is 7.10. The van der Waals surface area contributed by atoms with Gasteiger partial charge in [0.15, 0.2) is 5.65 Å². The van der Waals surface area contributed by atoms with E-state index in [0.29, 0.717) is 6.42 Å². The molecule has 3 aromatic rings. The molecule has 0 aliphatic heterocycles. The Bertz CT molecular complexity index is 1090. The maximum Gasteiger partial charge on any atom is 0.313 e. The van der Waals surface area contributed by atoms with Crippen LogP contribution in [-0.2, 0) is 14.9 Å². The first-order valence-corrected chi connectivity index (χ1v) is 10.6. The maximum atomic E-state index is 12.8. The highest BCUT2D eigenvalue weighted by atomic mass is 16.5. The smallest absolute Gasteiger partial charge is 0.313 e. The van der Waals surface area contributed by atoms with Gasteiger partial charge in [0.25, 0.3) is 0 Å². The summed E-state index contributed by atoms with van der Waals surface area (Å²) in [6.07, 6.45) is 1.57. The van der Waals surface area contributed by atoms with Crippen molar-refractivity contribution in [2.24, 2.45) is 0 Å². The molecule has 0 N–H and O–H groups in total. The van der Waals surface area contributed by atoms with Crippen molar-refractivity contribution < 1.29 is 9.53 Å². The van der Waals surface area contributed by atoms with Gasteiger partial charge in [0.2, 0.25) is 0 Å². The van der Waals surface area contributed by atoms with Gasteiger partial charge < -0.3 is 4.74 Å². The number of carbonyl (C=O) groups excluding carboxylic acids is 1. The number of nitrogens with zero attached hydrogens (tertiary/aromatic N) is 3. The lowest BCUT2D eigenvalue weighted by atomic mass is 9.89. The van der Waals surface area contributed by atoms with Crippen molar-refractivity contribution in [1.82, 2.24) is 14.6 Å². The summed E-state index contributed by atoms with van der Waals surface area (Å²) >= 11 is 0. The normalized spacial score (nSPS) is 12.9. The lowest BCUT2D eigenvalue weighted by Gasteiger charge is -2.21. The van der Waals surface area contributed by atoms with Crippen LogP contribution in [0.4, 0.5) is 0 Å². The molecule has 1 unspecified atom stereocenters. The Labute approximate surface area is 179 Å². The molecule has 0 aliphatic carbocycles. The summed E-state index contributed by atoms with van der Waals surface area (Å²) in [5, 5.41) is 4.94. The van der Waals surface area contributed by atoms with Gasteiger partial charge in [-0.15, -0.1) is 0 Å². The molecule has 5 nitrogen and oxygen atoms in total. The van der Waals surface area contributed by atoms with Crippen LogP contribution in [0.5, 0.6) is 0 Å². The predicted octanol–water partition coefficient (Wildman–Crippen LogP) is 5.68. The second-order valence-corrected chi connectivity index (χ2v) is 9.17. The van der Waals surface area contributed by atoms with Crippen molar-refractivity contribution in [3.05, 3.63) is 52.3 Å². The molecule has 1 aromatic carbocycles. The SMILES string of the molecule is CCCC(C(=O)OC)c1c(C)nc2cc(C(C)(C)C)nn2c1-c1ccc(C)c(C)c1. The molecule has 0 radical (unpaired) electrons. The van der Waals surface area contributed by atoms with Crippen LogP contribution in [0.15, 0.2) is 24.3 Å².